The first-order valence-electron chi connectivity index (χ1n) is 10.2. The van der Waals surface area contributed by atoms with Crippen LogP contribution in [0.4, 0.5) is 11.4 Å². The van der Waals surface area contributed by atoms with Crippen LogP contribution in [0.2, 0.25) is 0 Å². The molecule has 158 valence electrons. The van der Waals surface area contributed by atoms with Crippen LogP contribution in [0.5, 0.6) is 0 Å². The Morgan fingerprint density at radius 2 is 1.58 bits per heavy atom. The number of benzene rings is 2. The van der Waals surface area contributed by atoms with Gasteiger partial charge in [-0.25, -0.2) is 4.90 Å². The maximum atomic E-state index is 13.6. The standard InChI is InChI=1S/C25H25N3O2S/c1-4-27(17-18-9-6-5-7-10-18)23-22(21-11-8-16-31-21)24(29)28(25(23)30)20-14-12-19(13-15-20)26(2)3/h5-16H,4,17H2,1-3H3. The molecule has 2 amide bonds. The minimum absolute atomic E-state index is 0.272. The molecule has 31 heavy (non-hydrogen) atoms. The Kier molecular flexibility index (Phi) is 5.91. The number of carbonyl (C=O) groups excluding carboxylic acids is 2. The van der Waals surface area contributed by atoms with E-state index in [9.17, 15) is 9.59 Å². The van der Waals surface area contributed by atoms with E-state index in [1.807, 2.05) is 103 Å². The number of likely N-dealkylation sites (N-methyl/N-ethyl adjacent to an activating group) is 1. The van der Waals surface area contributed by atoms with Crippen molar-refractivity contribution < 1.29 is 9.59 Å². The Morgan fingerprint density at radius 3 is 2.16 bits per heavy atom. The van der Waals surface area contributed by atoms with Crippen LogP contribution in [0.15, 0.2) is 77.8 Å². The van der Waals surface area contributed by atoms with Gasteiger partial charge in [-0.1, -0.05) is 36.4 Å². The smallest absolute Gasteiger partial charge is 0.282 e. The first kappa shape index (κ1) is 20.9. The van der Waals surface area contributed by atoms with Crippen LogP contribution >= 0.6 is 11.3 Å². The van der Waals surface area contributed by atoms with Gasteiger partial charge < -0.3 is 9.80 Å². The number of hydrogen-bond acceptors (Lipinski definition) is 5. The molecule has 0 radical (unpaired) electrons. The van der Waals surface area contributed by atoms with E-state index >= 15 is 0 Å². The molecule has 0 aliphatic carbocycles. The van der Waals surface area contributed by atoms with Crippen LogP contribution in [0.1, 0.15) is 17.4 Å². The Labute approximate surface area is 186 Å². The quantitative estimate of drug-likeness (QED) is 0.512. The number of hydrogen-bond donors (Lipinski definition) is 0. The molecule has 0 fully saturated rings. The van der Waals surface area contributed by atoms with Crippen molar-refractivity contribution >= 4 is 40.1 Å². The fourth-order valence-electron chi connectivity index (χ4n) is 3.74. The van der Waals surface area contributed by atoms with Gasteiger partial charge in [0.15, 0.2) is 0 Å². The topological polar surface area (TPSA) is 43.9 Å². The van der Waals surface area contributed by atoms with E-state index < -0.39 is 0 Å². The predicted octanol–water partition coefficient (Wildman–Crippen LogP) is 4.62. The first-order valence-corrected chi connectivity index (χ1v) is 11.1. The minimum Gasteiger partial charge on any atom is -0.378 e. The van der Waals surface area contributed by atoms with Crippen molar-refractivity contribution in [2.24, 2.45) is 0 Å². The fraction of sp³-hybridized carbons (Fsp3) is 0.200. The van der Waals surface area contributed by atoms with Crippen molar-refractivity contribution in [1.82, 2.24) is 4.90 Å². The average Bonchev–Trinajstić information content (AvgIpc) is 3.39. The third-order valence-electron chi connectivity index (χ3n) is 5.37. The number of thiophene rings is 1. The van der Waals surface area contributed by atoms with Crippen LogP contribution in [0.3, 0.4) is 0 Å². The van der Waals surface area contributed by atoms with E-state index in [1.54, 1.807) is 0 Å². The van der Waals surface area contributed by atoms with Gasteiger partial charge in [-0.3, -0.25) is 9.59 Å². The summed E-state index contributed by atoms with van der Waals surface area (Å²) < 4.78 is 0. The summed E-state index contributed by atoms with van der Waals surface area (Å²) in [5, 5.41) is 1.93. The van der Waals surface area contributed by atoms with Crippen molar-refractivity contribution in [3.63, 3.8) is 0 Å². The summed E-state index contributed by atoms with van der Waals surface area (Å²) in [6, 6.07) is 21.3. The molecule has 0 saturated carbocycles. The fourth-order valence-corrected chi connectivity index (χ4v) is 4.50. The highest BCUT2D eigenvalue weighted by Crippen LogP contribution is 2.37. The van der Waals surface area contributed by atoms with E-state index in [4.69, 9.17) is 0 Å². The maximum Gasteiger partial charge on any atom is 0.282 e. The second kappa shape index (κ2) is 8.78. The van der Waals surface area contributed by atoms with Crippen molar-refractivity contribution in [2.45, 2.75) is 13.5 Å². The summed E-state index contributed by atoms with van der Waals surface area (Å²) in [6.45, 7) is 3.19. The lowest BCUT2D eigenvalue weighted by Crippen LogP contribution is -2.35. The van der Waals surface area contributed by atoms with E-state index in [-0.39, 0.29) is 11.8 Å². The molecule has 0 N–H and O–H groups in total. The molecule has 5 nitrogen and oxygen atoms in total. The monoisotopic (exact) mass is 431 g/mol. The van der Waals surface area contributed by atoms with Gasteiger partial charge in [0.2, 0.25) is 0 Å². The van der Waals surface area contributed by atoms with Crippen LogP contribution in [0, 0.1) is 0 Å². The molecular formula is C25H25N3O2S. The SMILES string of the molecule is CCN(Cc1ccccc1)C1=C(c2cccs2)C(=O)N(c2ccc(N(C)C)cc2)C1=O. The van der Waals surface area contributed by atoms with Crippen LogP contribution < -0.4 is 9.80 Å². The van der Waals surface area contributed by atoms with Crippen molar-refractivity contribution in [3.8, 4) is 0 Å². The summed E-state index contributed by atoms with van der Waals surface area (Å²) in [7, 11) is 3.91. The Morgan fingerprint density at radius 1 is 0.871 bits per heavy atom. The van der Waals surface area contributed by atoms with E-state index in [2.05, 4.69) is 0 Å². The lowest BCUT2D eigenvalue weighted by Gasteiger charge is -2.25. The molecule has 0 bridgehead atoms. The van der Waals surface area contributed by atoms with Gasteiger partial charge in [0, 0.05) is 37.7 Å². The Hall–Kier alpha value is -3.38. The highest BCUT2D eigenvalue weighted by molar-refractivity contribution is 7.11. The normalized spacial score (nSPS) is 13.8. The summed E-state index contributed by atoms with van der Waals surface area (Å²) in [5.41, 5.74) is 3.63. The molecule has 2 aromatic carbocycles. The highest BCUT2D eigenvalue weighted by atomic mass is 32.1. The lowest BCUT2D eigenvalue weighted by molar-refractivity contribution is -0.120. The summed E-state index contributed by atoms with van der Waals surface area (Å²) in [6.07, 6.45) is 0. The zero-order valence-electron chi connectivity index (χ0n) is 17.9. The van der Waals surface area contributed by atoms with Crippen molar-refractivity contribution in [2.75, 3.05) is 30.4 Å². The molecule has 1 aliphatic rings. The second-order valence-corrected chi connectivity index (χ2v) is 8.50. The van der Waals surface area contributed by atoms with Crippen molar-refractivity contribution in [3.05, 3.63) is 88.2 Å². The second-order valence-electron chi connectivity index (χ2n) is 7.56. The number of imide groups is 1. The Bertz CT molecular complexity index is 1100. The van der Waals surface area contributed by atoms with Gasteiger partial charge in [-0.05, 0) is 48.2 Å². The van der Waals surface area contributed by atoms with Gasteiger partial charge in [-0.15, -0.1) is 11.3 Å². The minimum atomic E-state index is -0.274. The van der Waals surface area contributed by atoms with E-state index in [0.29, 0.717) is 30.0 Å². The summed E-state index contributed by atoms with van der Waals surface area (Å²) in [4.78, 5) is 33.3. The first-order chi connectivity index (χ1) is 15.0. The van der Waals surface area contributed by atoms with Gasteiger partial charge in [0.25, 0.3) is 11.8 Å². The number of carbonyl (C=O) groups is 2. The molecule has 0 saturated heterocycles. The highest BCUT2D eigenvalue weighted by Gasteiger charge is 2.42. The molecule has 2 heterocycles. The average molecular weight is 432 g/mol. The number of nitrogens with zero attached hydrogens (tertiary/aromatic N) is 3. The maximum absolute atomic E-state index is 13.6. The summed E-state index contributed by atoms with van der Waals surface area (Å²) in [5.74, 6) is -0.546. The molecule has 3 aromatic rings. The third kappa shape index (κ3) is 3.99. The molecule has 1 aliphatic heterocycles. The zero-order valence-corrected chi connectivity index (χ0v) is 18.7. The lowest BCUT2D eigenvalue weighted by atomic mass is 10.1. The molecule has 0 spiro atoms. The molecule has 1 aromatic heterocycles. The van der Waals surface area contributed by atoms with Crippen molar-refractivity contribution in [1.29, 1.82) is 0 Å². The molecular weight excluding hydrogens is 406 g/mol. The molecule has 0 atom stereocenters. The van der Waals surface area contributed by atoms with Gasteiger partial charge >= 0.3 is 0 Å². The van der Waals surface area contributed by atoms with Crippen LogP contribution in [0.25, 0.3) is 5.57 Å². The number of rotatable bonds is 7. The Balaban J connectivity index is 1.76. The van der Waals surface area contributed by atoms with Crippen LogP contribution in [-0.4, -0.2) is 37.4 Å². The summed E-state index contributed by atoms with van der Waals surface area (Å²) >= 11 is 1.48. The predicted molar refractivity (Wildman–Crippen MR) is 127 cm³/mol. The van der Waals surface area contributed by atoms with Crippen LogP contribution in [-0.2, 0) is 16.1 Å². The van der Waals surface area contributed by atoms with Gasteiger partial charge in [0.05, 0.1) is 11.3 Å². The number of anilines is 2. The van der Waals surface area contributed by atoms with Gasteiger partial charge in [0.1, 0.15) is 5.70 Å². The van der Waals surface area contributed by atoms with Gasteiger partial charge in [-0.2, -0.15) is 0 Å². The third-order valence-corrected chi connectivity index (χ3v) is 6.25. The van der Waals surface area contributed by atoms with E-state index in [0.717, 1.165) is 16.1 Å². The molecule has 6 heteroatoms. The van der Waals surface area contributed by atoms with E-state index in [1.165, 1.54) is 16.2 Å². The number of amides is 2. The largest absolute Gasteiger partial charge is 0.378 e. The molecule has 0 unspecified atom stereocenters. The zero-order chi connectivity index (χ0) is 22.0. The molecule has 4 rings (SSSR count).